The van der Waals surface area contributed by atoms with E-state index in [1.807, 2.05) is 0 Å². The van der Waals surface area contributed by atoms with Gasteiger partial charge in [0.05, 0.1) is 0 Å². The van der Waals surface area contributed by atoms with Crippen LogP contribution in [-0.4, -0.2) is 0 Å². The van der Waals surface area contributed by atoms with Crippen molar-refractivity contribution in [1.29, 1.82) is 0 Å². The number of benzene rings is 2. The largest absolute Gasteiger partial charge is 0.0616 e. The molecule has 0 atom stereocenters. The lowest BCUT2D eigenvalue weighted by Gasteiger charge is -2.10. The van der Waals surface area contributed by atoms with E-state index >= 15 is 0 Å². The predicted octanol–water partition coefficient (Wildman–Crippen LogP) is 4.57. The summed E-state index contributed by atoms with van der Waals surface area (Å²) in [6.07, 6.45) is 0. The Hall–Kier alpha value is -0.570. The van der Waals surface area contributed by atoms with Crippen molar-refractivity contribution >= 4 is 33.4 Å². The van der Waals surface area contributed by atoms with Crippen molar-refractivity contribution in [3.05, 3.63) is 45.5 Å². The molecule has 72 valence electrons. The fraction of sp³-hybridized carbons (Fsp3) is 0.231. The van der Waals surface area contributed by atoms with E-state index in [2.05, 4.69) is 72.8 Å². The SMILES string of the molecule is CC(C)c1ccc(I)c2ccccc12. The molecule has 0 bridgehead atoms. The molecule has 2 aromatic carbocycles. The highest BCUT2D eigenvalue weighted by Crippen LogP contribution is 2.28. The number of hydrogen-bond acceptors (Lipinski definition) is 0. The lowest BCUT2D eigenvalue weighted by molar-refractivity contribution is 0.876. The molecule has 0 heterocycles. The Morgan fingerprint density at radius 2 is 1.57 bits per heavy atom. The van der Waals surface area contributed by atoms with Gasteiger partial charge in [-0.1, -0.05) is 44.2 Å². The molecule has 0 aliphatic carbocycles. The van der Waals surface area contributed by atoms with Crippen LogP contribution in [-0.2, 0) is 0 Å². The molecule has 14 heavy (non-hydrogen) atoms. The number of hydrogen-bond donors (Lipinski definition) is 0. The summed E-state index contributed by atoms with van der Waals surface area (Å²) in [5.74, 6) is 0.594. The zero-order valence-corrected chi connectivity index (χ0v) is 10.6. The average molecular weight is 296 g/mol. The van der Waals surface area contributed by atoms with Gasteiger partial charge in [0.1, 0.15) is 0 Å². The number of halogens is 1. The average Bonchev–Trinajstić information content (AvgIpc) is 2.18. The topological polar surface area (TPSA) is 0 Å². The molecular weight excluding hydrogens is 283 g/mol. The maximum Gasteiger partial charge on any atom is 0.0208 e. The first-order chi connectivity index (χ1) is 6.70. The second-order valence-electron chi connectivity index (χ2n) is 3.84. The highest BCUT2D eigenvalue weighted by molar-refractivity contribution is 14.1. The maximum absolute atomic E-state index is 2.40. The van der Waals surface area contributed by atoms with Crippen LogP contribution in [0.3, 0.4) is 0 Å². The molecule has 1 heteroatoms. The third-order valence-electron chi connectivity index (χ3n) is 2.53. The van der Waals surface area contributed by atoms with Gasteiger partial charge in [0.2, 0.25) is 0 Å². The van der Waals surface area contributed by atoms with Crippen molar-refractivity contribution in [2.24, 2.45) is 0 Å². The molecule has 0 aromatic heterocycles. The summed E-state index contributed by atoms with van der Waals surface area (Å²) < 4.78 is 1.34. The molecule has 0 aliphatic rings. The van der Waals surface area contributed by atoms with Crippen LogP contribution in [0.4, 0.5) is 0 Å². The van der Waals surface area contributed by atoms with Crippen molar-refractivity contribution in [1.82, 2.24) is 0 Å². The van der Waals surface area contributed by atoms with Gasteiger partial charge in [0, 0.05) is 3.57 Å². The molecule has 0 saturated carbocycles. The number of rotatable bonds is 1. The molecule has 0 saturated heterocycles. The van der Waals surface area contributed by atoms with Gasteiger partial charge in [0.15, 0.2) is 0 Å². The van der Waals surface area contributed by atoms with Crippen LogP contribution >= 0.6 is 22.6 Å². The van der Waals surface area contributed by atoms with Crippen LogP contribution in [0.5, 0.6) is 0 Å². The lowest BCUT2D eigenvalue weighted by Crippen LogP contribution is -1.90. The first kappa shape index (κ1) is 9.97. The van der Waals surface area contributed by atoms with Crippen molar-refractivity contribution in [2.75, 3.05) is 0 Å². The van der Waals surface area contributed by atoms with Crippen molar-refractivity contribution in [2.45, 2.75) is 19.8 Å². The summed E-state index contributed by atoms with van der Waals surface area (Å²) in [5, 5.41) is 2.77. The summed E-state index contributed by atoms with van der Waals surface area (Å²) in [5.41, 5.74) is 1.45. The van der Waals surface area contributed by atoms with E-state index in [1.54, 1.807) is 0 Å². The first-order valence-corrected chi connectivity index (χ1v) is 5.95. The summed E-state index contributed by atoms with van der Waals surface area (Å²) >= 11 is 2.40. The van der Waals surface area contributed by atoms with Crippen molar-refractivity contribution in [3.8, 4) is 0 Å². The van der Waals surface area contributed by atoms with E-state index in [0.29, 0.717) is 5.92 Å². The third kappa shape index (κ3) is 1.65. The minimum atomic E-state index is 0.594. The Kier molecular flexibility index (Phi) is 2.77. The van der Waals surface area contributed by atoms with Crippen LogP contribution in [0.25, 0.3) is 10.8 Å². The second-order valence-corrected chi connectivity index (χ2v) is 5.00. The second kappa shape index (κ2) is 3.89. The Labute approximate surface area is 98.5 Å². The van der Waals surface area contributed by atoms with Gasteiger partial charge in [-0.2, -0.15) is 0 Å². The molecule has 0 amide bonds. The van der Waals surface area contributed by atoms with E-state index in [0.717, 1.165) is 0 Å². The third-order valence-corrected chi connectivity index (χ3v) is 3.47. The fourth-order valence-electron chi connectivity index (χ4n) is 1.79. The normalized spacial score (nSPS) is 11.1. The lowest BCUT2D eigenvalue weighted by atomic mass is 9.96. The highest BCUT2D eigenvalue weighted by atomic mass is 127. The maximum atomic E-state index is 2.40. The summed E-state index contributed by atoms with van der Waals surface area (Å²) in [7, 11) is 0. The van der Waals surface area contributed by atoms with Gasteiger partial charge in [-0.25, -0.2) is 0 Å². The predicted molar refractivity (Wildman–Crippen MR) is 70.8 cm³/mol. The van der Waals surface area contributed by atoms with Crippen molar-refractivity contribution < 1.29 is 0 Å². The zero-order valence-electron chi connectivity index (χ0n) is 8.42. The minimum absolute atomic E-state index is 0.594. The Morgan fingerprint density at radius 1 is 0.929 bits per heavy atom. The summed E-state index contributed by atoms with van der Waals surface area (Å²) in [6, 6.07) is 13.1. The van der Waals surface area contributed by atoms with E-state index in [-0.39, 0.29) is 0 Å². The van der Waals surface area contributed by atoms with Gasteiger partial charge in [0.25, 0.3) is 0 Å². The molecule has 0 spiro atoms. The van der Waals surface area contributed by atoms with Crippen LogP contribution in [0.1, 0.15) is 25.3 Å². The van der Waals surface area contributed by atoms with Crippen molar-refractivity contribution in [3.63, 3.8) is 0 Å². The molecule has 0 fully saturated rings. The van der Waals surface area contributed by atoms with Crippen LogP contribution in [0.15, 0.2) is 36.4 Å². The Balaban J connectivity index is 2.82. The van der Waals surface area contributed by atoms with E-state index in [1.165, 1.54) is 19.9 Å². The first-order valence-electron chi connectivity index (χ1n) is 4.87. The van der Waals surface area contributed by atoms with Gasteiger partial charge in [-0.05, 0) is 50.9 Å². The molecule has 2 rings (SSSR count). The fourth-order valence-corrected chi connectivity index (χ4v) is 2.44. The molecule has 0 aliphatic heterocycles. The molecule has 0 radical (unpaired) electrons. The van der Waals surface area contributed by atoms with E-state index < -0.39 is 0 Å². The molecule has 0 unspecified atom stereocenters. The van der Waals surface area contributed by atoms with Gasteiger partial charge in [-0.3, -0.25) is 0 Å². The monoisotopic (exact) mass is 296 g/mol. The van der Waals surface area contributed by atoms with Gasteiger partial charge >= 0.3 is 0 Å². The standard InChI is InChI=1S/C13H13I/c1-9(2)10-7-8-13(14)12-6-4-3-5-11(10)12/h3-9H,1-2H3. The smallest absolute Gasteiger partial charge is 0.0208 e. The van der Waals surface area contributed by atoms with Gasteiger partial charge in [-0.15, -0.1) is 0 Å². The molecule has 0 N–H and O–H groups in total. The molecule has 2 aromatic rings. The zero-order chi connectivity index (χ0) is 10.1. The van der Waals surface area contributed by atoms with Crippen LogP contribution in [0.2, 0.25) is 0 Å². The summed E-state index contributed by atoms with van der Waals surface area (Å²) in [6.45, 7) is 4.49. The Morgan fingerprint density at radius 3 is 2.21 bits per heavy atom. The minimum Gasteiger partial charge on any atom is -0.0616 e. The summed E-state index contributed by atoms with van der Waals surface area (Å²) in [4.78, 5) is 0. The van der Waals surface area contributed by atoms with Gasteiger partial charge < -0.3 is 0 Å². The van der Waals surface area contributed by atoms with E-state index in [4.69, 9.17) is 0 Å². The quantitative estimate of drug-likeness (QED) is 0.676. The Bertz CT molecular complexity index is 458. The number of fused-ring (bicyclic) bond motifs is 1. The van der Waals surface area contributed by atoms with E-state index in [9.17, 15) is 0 Å². The van der Waals surface area contributed by atoms with Crippen LogP contribution < -0.4 is 0 Å². The van der Waals surface area contributed by atoms with Crippen LogP contribution in [0, 0.1) is 3.57 Å². The molecular formula is C13H13I. The highest BCUT2D eigenvalue weighted by Gasteiger charge is 2.06. The molecule has 0 nitrogen and oxygen atoms in total.